The second kappa shape index (κ2) is 9.14. The molecule has 0 radical (unpaired) electrons. The number of fused-ring (bicyclic) bond motifs is 1. The van der Waals surface area contributed by atoms with Crippen molar-refractivity contribution >= 4 is 28.5 Å². The van der Waals surface area contributed by atoms with Gasteiger partial charge in [0.15, 0.2) is 6.61 Å². The molecule has 0 unspecified atom stereocenters. The molecular weight excluding hydrogens is 370 g/mol. The zero-order valence-corrected chi connectivity index (χ0v) is 16.4. The van der Waals surface area contributed by atoms with Crippen molar-refractivity contribution in [2.24, 2.45) is 0 Å². The summed E-state index contributed by atoms with van der Waals surface area (Å²) in [5.41, 5.74) is 1.96. The lowest BCUT2D eigenvalue weighted by atomic mass is 9.97. The first kappa shape index (κ1) is 20.3. The number of anilines is 1. The average Bonchev–Trinajstić information content (AvgIpc) is 2.74. The summed E-state index contributed by atoms with van der Waals surface area (Å²) in [6, 6.07) is 14.4. The van der Waals surface area contributed by atoms with Crippen LogP contribution in [0.15, 0.2) is 59.7 Å². The minimum absolute atomic E-state index is 0.293. The molecule has 7 heteroatoms. The molecule has 1 N–H and O–H groups in total. The molecule has 3 rings (SSSR count). The van der Waals surface area contributed by atoms with E-state index in [4.69, 9.17) is 4.74 Å². The third-order valence-corrected chi connectivity index (χ3v) is 4.77. The molecule has 1 aromatic heterocycles. The predicted molar refractivity (Wildman–Crippen MR) is 111 cm³/mol. The van der Waals surface area contributed by atoms with Crippen molar-refractivity contribution in [3.63, 3.8) is 0 Å². The van der Waals surface area contributed by atoms with Gasteiger partial charge in [0.1, 0.15) is 6.54 Å². The quantitative estimate of drug-likeness (QED) is 0.623. The number of ether oxygens (including phenoxy) is 1. The van der Waals surface area contributed by atoms with E-state index in [9.17, 15) is 14.4 Å². The van der Waals surface area contributed by atoms with E-state index in [1.165, 1.54) is 10.9 Å². The van der Waals surface area contributed by atoms with Gasteiger partial charge in [0, 0.05) is 5.69 Å². The average molecular weight is 393 g/mol. The largest absolute Gasteiger partial charge is 0.454 e. The van der Waals surface area contributed by atoms with Gasteiger partial charge in [-0.05, 0) is 36.1 Å². The van der Waals surface area contributed by atoms with Crippen LogP contribution in [0, 0.1) is 0 Å². The fraction of sp³-hybridized carbons (Fsp3) is 0.273. The molecule has 2 aromatic carbocycles. The van der Waals surface area contributed by atoms with Crippen LogP contribution in [0.1, 0.15) is 31.7 Å². The van der Waals surface area contributed by atoms with Crippen LogP contribution in [0.25, 0.3) is 10.9 Å². The first-order chi connectivity index (χ1) is 14.0. The van der Waals surface area contributed by atoms with Gasteiger partial charge in [0.05, 0.1) is 17.2 Å². The van der Waals surface area contributed by atoms with Crippen molar-refractivity contribution in [1.29, 1.82) is 0 Å². The predicted octanol–water partition coefficient (Wildman–Crippen LogP) is 3.09. The molecule has 1 amide bonds. The van der Waals surface area contributed by atoms with Crippen LogP contribution in [0.5, 0.6) is 0 Å². The zero-order chi connectivity index (χ0) is 20.8. The molecule has 0 aliphatic carbocycles. The number of benzene rings is 2. The molecule has 1 atom stereocenters. The maximum absolute atomic E-state index is 12.4. The number of esters is 1. The summed E-state index contributed by atoms with van der Waals surface area (Å²) < 4.78 is 6.20. The van der Waals surface area contributed by atoms with Gasteiger partial charge in [-0.25, -0.2) is 4.98 Å². The maximum atomic E-state index is 12.4. The standard InChI is InChI=1S/C22H23N3O4/c1-3-15(2)16-8-4-7-11-19(16)24-20(26)13-29-21(27)12-25-14-23-18-10-6-5-9-17(18)22(25)28/h4-11,14-15H,3,12-13H2,1-2H3,(H,24,26)/t15-/m1/s1. The highest BCUT2D eigenvalue weighted by atomic mass is 16.5. The van der Waals surface area contributed by atoms with Gasteiger partial charge >= 0.3 is 5.97 Å². The lowest BCUT2D eigenvalue weighted by Gasteiger charge is -2.15. The SMILES string of the molecule is CC[C@@H](C)c1ccccc1NC(=O)COC(=O)Cn1cnc2ccccc2c1=O. The van der Waals surface area contributed by atoms with Crippen LogP contribution in [-0.4, -0.2) is 28.0 Å². The molecule has 0 spiro atoms. The van der Waals surface area contributed by atoms with Gasteiger partial charge in [0.2, 0.25) is 0 Å². The molecule has 3 aromatic rings. The van der Waals surface area contributed by atoms with E-state index in [1.807, 2.05) is 24.3 Å². The number of aromatic nitrogens is 2. The number of nitrogens with one attached hydrogen (secondary N) is 1. The molecule has 0 bridgehead atoms. The number of hydrogen-bond acceptors (Lipinski definition) is 5. The summed E-state index contributed by atoms with van der Waals surface area (Å²) in [7, 11) is 0. The van der Waals surface area contributed by atoms with E-state index in [0.29, 0.717) is 22.5 Å². The third kappa shape index (κ3) is 4.87. The Morgan fingerprint density at radius 1 is 1.14 bits per heavy atom. The Morgan fingerprint density at radius 3 is 2.66 bits per heavy atom. The molecule has 7 nitrogen and oxygen atoms in total. The molecule has 0 saturated heterocycles. The van der Waals surface area contributed by atoms with Crippen LogP contribution < -0.4 is 10.9 Å². The van der Waals surface area contributed by atoms with Gasteiger partial charge in [-0.1, -0.05) is 44.2 Å². The minimum Gasteiger partial charge on any atom is -0.454 e. The van der Waals surface area contributed by atoms with Gasteiger partial charge in [-0.2, -0.15) is 0 Å². The minimum atomic E-state index is -0.686. The second-order valence-corrected chi connectivity index (χ2v) is 6.80. The van der Waals surface area contributed by atoms with Crippen LogP contribution in [0.2, 0.25) is 0 Å². The molecule has 150 valence electrons. The lowest BCUT2D eigenvalue weighted by molar-refractivity contribution is -0.147. The molecule has 0 aliphatic heterocycles. The normalized spacial score (nSPS) is 11.8. The summed E-state index contributed by atoms with van der Waals surface area (Å²) in [5, 5.41) is 3.20. The van der Waals surface area contributed by atoms with Crippen molar-refractivity contribution < 1.29 is 14.3 Å². The van der Waals surface area contributed by atoms with E-state index in [0.717, 1.165) is 12.0 Å². The number of rotatable bonds is 7. The van der Waals surface area contributed by atoms with Gasteiger partial charge in [0.25, 0.3) is 11.5 Å². The Kier molecular flexibility index (Phi) is 6.39. The van der Waals surface area contributed by atoms with Gasteiger partial charge < -0.3 is 10.1 Å². The highest BCUT2D eigenvalue weighted by Crippen LogP contribution is 2.26. The summed E-state index contributed by atoms with van der Waals surface area (Å²) in [5.74, 6) is -0.825. The first-order valence-electron chi connectivity index (χ1n) is 9.48. The molecular formula is C22H23N3O4. The monoisotopic (exact) mass is 393 g/mol. The molecule has 0 saturated carbocycles. The number of carbonyl (C=O) groups is 2. The van der Waals surface area contributed by atoms with Crippen molar-refractivity contribution in [2.45, 2.75) is 32.7 Å². The van der Waals surface area contributed by atoms with Crippen LogP contribution >= 0.6 is 0 Å². The molecule has 29 heavy (non-hydrogen) atoms. The second-order valence-electron chi connectivity index (χ2n) is 6.80. The van der Waals surface area contributed by atoms with Crippen molar-refractivity contribution in [2.75, 3.05) is 11.9 Å². The number of hydrogen-bond donors (Lipinski definition) is 1. The third-order valence-electron chi connectivity index (χ3n) is 4.77. The number of para-hydroxylation sites is 2. The van der Waals surface area contributed by atoms with Crippen molar-refractivity contribution in [3.8, 4) is 0 Å². The van der Waals surface area contributed by atoms with Crippen molar-refractivity contribution in [1.82, 2.24) is 9.55 Å². The van der Waals surface area contributed by atoms with Gasteiger partial charge in [-0.15, -0.1) is 0 Å². The smallest absolute Gasteiger partial charge is 0.326 e. The highest BCUT2D eigenvalue weighted by Gasteiger charge is 2.14. The zero-order valence-electron chi connectivity index (χ0n) is 16.4. The topological polar surface area (TPSA) is 90.3 Å². The van der Waals surface area contributed by atoms with E-state index in [1.54, 1.807) is 24.3 Å². The summed E-state index contributed by atoms with van der Waals surface area (Å²) in [4.78, 5) is 40.9. The van der Waals surface area contributed by atoms with Gasteiger partial charge in [-0.3, -0.25) is 19.0 Å². The summed E-state index contributed by atoms with van der Waals surface area (Å²) in [6.07, 6.45) is 2.24. The highest BCUT2D eigenvalue weighted by molar-refractivity contribution is 5.93. The Bertz CT molecular complexity index is 1090. The first-order valence-corrected chi connectivity index (χ1v) is 9.48. The maximum Gasteiger partial charge on any atom is 0.326 e. The van der Waals surface area contributed by atoms with Crippen LogP contribution in [0.4, 0.5) is 5.69 Å². The summed E-state index contributed by atoms with van der Waals surface area (Å²) >= 11 is 0. The molecule has 0 fully saturated rings. The van der Waals surface area contributed by atoms with E-state index < -0.39 is 18.5 Å². The Balaban J connectivity index is 1.60. The Hall–Kier alpha value is -3.48. The molecule has 0 aliphatic rings. The number of nitrogens with zero attached hydrogens (tertiary/aromatic N) is 2. The van der Waals surface area contributed by atoms with E-state index in [2.05, 4.69) is 24.1 Å². The fourth-order valence-corrected chi connectivity index (χ4v) is 3.00. The fourth-order valence-electron chi connectivity index (χ4n) is 3.00. The van der Waals surface area contributed by atoms with E-state index >= 15 is 0 Å². The lowest BCUT2D eigenvalue weighted by Crippen LogP contribution is -2.28. The van der Waals surface area contributed by atoms with Crippen LogP contribution in [0.3, 0.4) is 0 Å². The Labute approximate surface area is 168 Å². The number of amides is 1. The van der Waals surface area contributed by atoms with Crippen molar-refractivity contribution in [3.05, 3.63) is 70.8 Å². The van der Waals surface area contributed by atoms with E-state index in [-0.39, 0.29) is 12.1 Å². The van der Waals surface area contributed by atoms with Crippen LogP contribution in [-0.2, 0) is 20.9 Å². The summed E-state index contributed by atoms with van der Waals surface area (Å²) in [6.45, 7) is 3.42. The Morgan fingerprint density at radius 2 is 1.86 bits per heavy atom. The molecule has 1 heterocycles. The number of carbonyl (C=O) groups excluding carboxylic acids is 2.